The molecule has 0 saturated carbocycles. The summed E-state index contributed by atoms with van der Waals surface area (Å²) in [5, 5.41) is 6.82. The maximum absolute atomic E-state index is 13.8. The molecular formula is C39H31ClF3N3O5S. The van der Waals surface area contributed by atoms with Gasteiger partial charge in [0.2, 0.25) is 5.91 Å². The quantitative estimate of drug-likeness (QED) is 0.0869. The van der Waals surface area contributed by atoms with Gasteiger partial charge in [-0.05, 0) is 84.4 Å². The molecule has 5 rings (SSSR count). The molecule has 0 radical (unpaired) electrons. The molecule has 8 nitrogen and oxygen atoms in total. The van der Waals surface area contributed by atoms with E-state index in [9.17, 15) is 27.6 Å². The van der Waals surface area contributed by atoms with Crippen LogP contribution < -0.4 is 25.4 Å². The number of rotatable bonds is 12. The predicted molar refractivity (Wildman–Crippen MR) is 197 cm³/mol. The van der Waals surface area contributed by atoms with Gasteiger partial charge in [0.25, 0.3) is 11.8 Å². The number of anilines is 2. The third-order valence-corrected chi connectivity index (χ3v) is 9.02. The van der Waals surface area contributed by atoms with E-state index in [1.807, 2.05) is 0 Å². The van der Waals surface area contributed by atoms with Crippen molar-refractivity contribution in [2.24, 2.45) is 0 Å². The Morgan fingerprint density at radius 1 is 0.788 bits per heavy atom. The fourth-order valence-electron chi connectivity index (χ4n) is 4.96. The van der Waals surface area contributed by atoms with Gasteiger partial charge in [-0.25, -0.2) is 0 Å². The Morgan fingerprint density at radius 2 is 1.46 bits per heavy atom. The first-order chi connectivity index (χ1) is 24.9. The first kappa shape index (κ1) is 37.5. The van der Waals surface area contributed by atoms with E-state index >= 15 is 0 Å². The topological polar surface area (TPSA) is 106 Å². The van der Waals surface area contributed by atoms with Gasteiger partial charge in [-0.3, -0.25) is 14.4 Å². The molecule has 266 valence electrons. The third kappa shape index (κ3) is 9.74. The maximum atomic E-state index is 13.8. The molecule has 1 atom stereocenters. The summed E-state index contributed by atoms with van der Waals surface area (Å²) in [4.78, 5) is 40.9. The number of methoxy groups -OCH3 is 2. The number of benzene rings is 5. The van der Waals surface area contributed by atoms with E-state index in [1.165, 1.54) is 26.4 Å². The molecule has 3 amide bonds. The second-order valence-corrected chi connectivity index (χ2v) is 12.7. The zero-order chi connectivity index (χ0) is 37.3. The van der Waals surface area contributed by atoms with E-state index in [0.29, 0.717) is 38.8 Å². The highest BCUT2D eigenvalue weighted by Crippen LogP contribution is 2.40. The molecule has 0 heterocycles. The molecule has 0 aromatic heterocycles. The standard InChI is InChI=1S/C39H31ClF3N3O5S/c1-50-29-16-20-34(51-2)26(21-29)22-33(46-36(47)25-11-7-4-8-12-25)37(48)44-28-14-17-30(18-15-28)52-35(24-9-5-3-6-10-24)38(49)45-32-19-13-27(40)23-31(32)39(41,42)43/h3-23,35H,1-2H3,(H,44,48)(H,45,49)(H,46,47)/b33-22-. The Morgan fingerprint density at radius 3 is 2.10 bits per heavy atom. The summed E-state index contributed by atoms with van der Waals surface area (Å²) in [6.45, 7) is 0. The fourth-order valence-corrected chi connectivity index (χ4v) is 6.16. The number of hydrogen-bond donors (Lipinski definition) is 3. The average molecular weight is 746 g/mol. The summed E-state index contributed by atoms with van der Waals surface area (Å²) < 4.78 is 52.1. The number of hydrogen-bond acceptors (Lipinski definition) is 6. The van der Waals surface area contributed by atoms with Crippen LogP contribution in [0.3, 0.4) is 0 Å². The number of alkyl halides is 3. The summed E-state index contributed by atoms with van der Waals surface area (Å²) in [6, 6.07) is 31.7. The predicted octanol–water partition coefficient (Wildman–Crippen LogP) is 9.26. The first-order valence-electron chi connectivity index (χ1n) is 15.6. The first-order valence-corrected chi connectivity index (χ1v) is 16.8. The number of halogens is 4. The van der Waals surface area contributed by atoms with E-state index in [4.69, 9.17) is 21.1 Å². The smallest absolute Gasteiger partial charge is 0.418 e. The van der Waals surface area contributed by atoms with Crippen LogP contribution in [0, 0.1) is 0 Å². The van der Waals surface area contributed by atoms with E-state index in [1.54, 1.807) is 103 Å². The number of thioether (sulfide) groups is 1. The van der Waals surface area contributed by atoms with Crippen LogP contribution in [0.1, 0.15) is 32.3 Å². The van der Waals surface area contributed by atoms with Crippen LogP contribution in [0.5, 0.6) is 11.5 Å². The lowest BCUT2D eigenvalue weighted by Crippen LogP contribution is -2.30. The van der Waals surface area contributed by atoms with Crippen molar-refractivity contribution in [3.05, 3.63) is 154 Å². The van der Waals surface area contributed by atoms with Gasteiger partial charge in [0, 0.05) is 26.7 Å². The zero-order valence-electron chi connectivity index (χ0n) is 27.7. The van der Waals surface area contributed by atoms with Gasteiger partial charge < -0.3 is 25.4 Å². The molecule has 0 bridgehead atoms. The molecule has 5 aromatic carbocycles. The van der Waals surface area contributed by atoms with Gasteiger partial charge in [0.1, 0.15) is 22.4 Å². The van der Waals surface area contributed by atoms with E-state index < -0.39 is 40.4 Å². The highest BCUT2D eigenvalue weighted by atomic mass is 35.5. The van der Waals surface area contributed by atoms with Crippen LogP contribution in [-0.2, 0) is 15.8 Å². The van der Waals surface area contributed by atoms with Crippen LogP contribution in [0.2, 0.25) is 5.02 Å². The number of carbonyl (C=O) groups is 3. The summed E-state index contributed by atoms with van der Waals surface area (Å²) in [6.07, 6.45) is -3.28. The number of nitrogens with one attached hydrogen (secondary N) is 3. The van der Waals surface area contributed by atoms with Crippen LogP contribution in [0.25, 0.3) is 6.08 Å². The van der Waals surface area contributed by atoms with Gasteiger partial charge in [-0.15, -0.1) is 11.8 Å². The summed E-state index contributed by atoms with van der Waals surface area (Å²) in [5.41, 5.74) is 0.159. The van der Waals surface area contributed by atoms with Crippen molar-refractivity contribution in [3.63, 3.8) is 0 Å². The van der Waals surface area contributed by atoms with Crippen molar-refractivity contribution in [1.29, 1.82) is 0 Å². The summed E-state index contributed by atoms with van der Waals surface area (Å²) >= 11 is 6.93. The van der Waals surface area contributed by atoms with Gasteiger partial charge in [-0.1, -0.05) is 60.1 Å². The summed E-state index contributed by atoms with van der Waals surface area (Å²) in [5.74, 6) is -0.894. The summed E-state index contributed by atoms with van der Waals surface area (Å²) in [7, 11) is 2.98. The highest BCUT2D eigenvalue weighted by molar-refractivity contribution is 8.00. The zero-order valence-corrected chi connectivity index (χ0v) is 29.2. The molecule has 3 N–H and O–H groups in total. The second kappa shape index (κ2) is 17.0. The second-order valence-electron chi connectivity index (χ2n) is 11.1. The molecule has 0 spiro atoms. The van der Waals surface area contributed by atoms with Crippen molar-refractivity contribution in [3.8, 4) is 11.5 Å². The van der Waals surface area contributed by atoms with E-state index in [-0.39, 0.29) is 10.7 Å². The van der Waals surface area contributed by atoms with Crippen LogP contribution in [0.4, 0.5) is 24.5 Å². The number of carbonyl (C=O) groups excluding carboxylic acids is 3. The fraction of sp³-hybridized carbons (Fsp3) is 0.103. The van der Waals surface area contributed by atoms with Crippen LogP contribution in [0.15, 0.2) is 132 Å². The molecule has 0 aliphatic carbocycles. The van der Waals surface area contributed by atoms with Crippen LogP contribution >= 0.6 is 23.4 Å². The van der Waals surface area contributed by atoms with Crippen molar-refractivity contribution in [1.82, 2.24) is 5.32 Å². The molecule has 52 heavy (non-hydrogen) atoms. The van der Waals surface area contributed by atoms with Crippen LogP contribution in [-0.4, -0.2) is 31.9 Å². The largest absolute Gasteiger partial charge is 0.497 e. The van der Waals surface area contributed by atoms with Gasteiger partial charge in [-0.2, -0.15) is 13.2 Å². The Balaban J connectivity index is 1.38. The lowest BCUT2D eigenvalue weighted by molar-refractivity contribution is -0.137. The van der Waals surface area contributed by atoms with Crippen molar-refractivity contribution in [2.45, 2.75) is 16.3 Å². The SMILES string of the molecule is COc1ccc(OC)c(/C=C(\NC(=O)c2ccccc2)C(=O)Nc2ccc(SC(C(=O)Nc3ccc(Cl)cc3C(F)(F)F)c3ccccc3)cc2)c1. The monoisotopic (exact) mass is 745 g/mol. The minimum absolute atomic E-state index is 0.0832. The molecule has 1 unspecified atom stereocenters. The normalized spacial score (nSPS) is 12.0. The minimum atomic E-state index is -4.75. The van der Waals surface area contributed by atoms with E-state index in [0.717, 1.165) is 23.9 Å². The Kier molecular flexibility index (Phi) is 12.3. The Hall–Kier alpha value is -5.72. The van der Waals surface area contributed by atoms with Gasteiger partial charge in [0.05, 0.1) is 25.5 Å². The molecule has 0 aliphatic heterocycles. The Bertz CT molecular complexity index is 2080. The maximum Gasteiger partial charge on any atom is 0.418 e. The number of amides is 3. The molecule has 0 fully saturated rings. The van der Waals surface area contributed by atoms with Gasteiger partial charge >= 0.3 is 6.18 Å². The van der Waals surface area contributed by atoms with Gasteiger partial charge in [0.15, 0.2) is 0 Å². The molecule has 5 aromatic rings. The minimum Gasteiger partial charge on any atom is -0.497 e. The van der Waals surface area contributed by atoms with Crippen molar-refractivity contribution in [2.75, 3.05) is 24.9 Å². The average Bonchev–Trinajstić information content (AvgIpc) is 3.15. The molecule has 0 saturated heterocycles. The number of ether oxygens (including phenoxy) is 2. The lowest BCUT2D eigenvalue weighted by Gasteiger charge is -2.20. The molecule has 13 heteroatoms. The Labute approximate surface area is 307 Å². The molecule has 0 aliphatic rings. The highest BCUT2D eigenvalue weighted by Gasteiger charge is 2.35. The van der Waals surface area contributed by atoms with E-state index in [2.05, 4.69) is 16.0 Å². The lowest BCUT2D eigenvalue weighted by atomic mass is 10.1. The van der Waals surface area contributed by atoms with Crippen molar-refractivity contribution < 1.29 is 37.0 Å². The third-order valence-electron chi connectivity index (χ3n) is 7.52. The molecular weight excluding hydrogens is 715 g/mol. The van der Waals surface area contributed by atoms with Crippen molar-refractivity contribution >= 4 is 58.5 Å².